The van der Waals surface area contributed by atoms with Gasteiger partial charge >= 0.3 is 6.01 Å². The zero-order chi connectivity index (χ0) is 14.1. The Labute approximate surface area is 119 Å². The Kier molecular flexibility index (Phi) is 3.60. The minimum atomic E-state index is 0.361. The second-order valence-corrected chi connectivity index (χ2v) is 5.49. The largest absolute Gasteiger partial charge is 0.467 e. The van der Waals surface area contributed by atoms with Gasteiger partial charge in [0.1, 0.15) is 0 Å². The lowest BCUT2D eigenvalue weighted by Crippen LogP contribution is -2.55. The first-order valence-corrected chi connectivity index (χ1v) is 7.19. The van der Waals surface area contributed by atoms with E-state index in [1.165, 1.54) is 19.4 Å². The lowest BCUT2D eigenvalue weighted by molar-refractivity contribution is 0.201. The van der Waals surface area contributed by atoms with Crippen molar-refractivity contribution < 1.29 is 4.74 Å². The van der Waals surface area contributed by atoms with E-state index in [9.17, 15) is 0 Å². The van der Waals surface area contributed by atoms with Crippen molar-refractivity contribution in [2.45, 2.75) is 31.8 Å². The van der Waals surface area contributed by atoms with Gasteiger partial charge in [-0.15, -0.1) is 0 Å². The molecule has 0 aliphatic carbocycles. The molecule has 2 saturated heterocycles. The van der Waals surface area contributed by atoms with Gasteiger partial charge in [-0.2, -0.15) is 15.0 Å². The van der Waals surface area contributed by atoms with Crippen LogP contribution in [0.4, 0.5) is 11.9 Å². The Hall–Kier alpha value is -1.63. The number of aromatic nitrogens is 3. The number of hydrogen-bond donors (Lipinski definition) is 1. The van der Waals surface area contributed by atoms with Crippen molar-refractivity contribution in [2.75, 3.05) is 44.0 Å². The Balaban J connectivity index is 1.87. The van der Waals surface area contributed by atoms with Crippen molar-refractivity contribution in [2.24, 2.45) is 0 Å². The molecular weight excluding hydrogens is 256 g/mol. The summed E-state index contributed by atoms with van der Waals surface area (Å²) in [6.45, 7) is 5.51. The van der Waals surface area contributed by atoms with Crippen molar-refractivity contribution in [3.05, 3.63) is 0 Å². The fourth-order valence-electron chi connectivity index (χ4n) is 3.14. The number of piperazine rings is 1. The maximum Gasteiger partial charge on any atom is 0.322 e. The van der Waals surface area contributed by atoms with Crippen LogP contribution in [-0.4, -0.2) is 65.7 Å². The Morgan fingerprint density at radius 2 is 2.10 bits per heavy atom. The first kappa shape index (κ1) is 13.4. The molecular formula is C13H22N6O. The van der Waals surface area contributed by atoms with Crippen molar-refractivity contribution in [1.82, 2.24) is 19.9 Å². The van der Waals surface area contributed by atoms with Crippen LogP contribution >= 0.6 is 0 Å². The molecule has 1 aromatic rings. The fourth-order valence-corrected chi connectivity index (χ4v) is 3.14. The van der Waals surface area contributed by atoms with Gasteiger partial charge in [-0.25, -0.2) is 0 Å². The third-order valence-electron chi connectivity index (χ3n) is 4.20. The van der Waals surface area contributed by atoms with Crippen molar-refractivity contribution >= 4 is 11.9 Å². The van der Waals surface area contributed by atoms with Gasteiger partial charge in [0.15, 0.2) is 0 Å². The minimum Gasteiger partial charge on any atom is -0.467 e. The van der Waals surface area contributed by atoms with Gasteiger partial charge < -0.3 is 15.0 Å². The van der Waals surface area contributed by atoms with E-state index in [-0.39, 0.29) is 0 Å². The minimum absolute atomic E-state index is 0.361. The molecule has 7 nitrogen and oxygen atoms in total. The average Bonchev–Trinajstić information content (AvgIpc) is 2.92. The molecule has 0 radical (unpaired) electrons. The number of nitrogens with zero attached hydrogens (tertiary/aromatic N) is 5. The molecule has 0 spiro atoms. The molecule has 0 aromatic carbocycles. The van der Waals surface area contributed by atoms with Gasteiger partial charge in [0, 0.05) is 32.2 Å². The molecule has 2 fully saturated rings. The summed E-state index contributed by atoms with van der Waals surface area (Å²) in [5.41, 5.74) is 0. The normalized spacial score (nSPS) is 26.4. The van der Waals surface area contributed by atoms with E-state index < -0.39 is 0 Å². The molecule has 2 aliphatic rings. The molecule has 2 unspecified atom stereocenters. The third kappa shape index (κ3) is 2.37. The maximum absolute atomic E-state index is 5.17. The molecule has 3 heterocycles. The molecule has 3 rings (SSSR count). The number of methoxy groups -OCH3 is 1. The SMILES string of the molecule is CNc1nc(OC)nc(N2CC3CCCN3CC2C)n1. The monoisotopic (exact) mass is 278 g/mol. The highest BCUT2D eigenvalue weighted by Crippen LogP contribution is 2.27. The highest BCUT2D eigenvalue weighted by molar-refractivity contribution is 5.40. The number of rotatable bonds is 3. The number of hydrogen-bond acceptors (Lipinski definition) is 7. The van der Waals surface area contributed by atoms with Crippen LogP contribution in [0, 0.1) is 0 Å². The summed E-state index contributed by atoms with van der Waals surface area (Å²) in [6, 6.07) is 1.40. The van der Waals surface area contributed by atoms with Gasteiger partial charge in [-0.3, -0.25) is 4.90 Å². The van der Waals surface area contributed by atoms with Crippen LogP contribution in [0.15, 0.2) is 0 Å². The summed E-state index contributed by atoms with van der Waals surface area (Å²) in [4.78, 5) is 17.9. The van der Waals surface area contributed by atoms with Gasteiger partial charge in [-0.1, -0.05) is 0 Å². The molecule has 1 aromatic heterocycles. The number of anilines is 2. The van der Waals surface area contributed by atoms with Crippen LogP contribution in [-0.2, 0) is 0 Å². The Bertz CT molecular complexity index is 460. The van der Waals surface area contributed by atoms with Crippen LogP contribution in [0.1, 0.15) is 19.8 Å². The molecule has 1 N–H and O–H groups in total. The second-order valence-electron chi connectivity index (χ2n) is 5.49. The summed E-state index contributed by atoms with van der Waals surface area (Å²) in [7, 11) is 3.38. The average molecular weight is 278 g/mol. The molecule has 2 aliphatic heterocycles. The highest BCUT2D eigenvalue weighted by atomic mass is 16.5. The van der Waals surface area contributed by atoms with E-state index in [0.29, 0.717) is 30.0 Å². The van der Waals surface area contributed by atoms with E-state index in [1.807, 2.05) is 0 Å². The topological polar surface area (TPSA) is 66.4 Å². The molecule has 20 heavy (non-hydrogen) atoms. The van der Waals surface area contributed by atoms with Gasteiger partial charge in [0.25, 0.3) is 0 Å². The van der Waals surface area contributed by atoms with Gasteiger partial charge in [0.2, 0.25) is 11.9 Å². The summed E-state index contributed by atoms with van der Waals surface area (Å²) in [5.74, 6) is 1.26. The lowest BCUT2D eigenvalue weighted by atomic mass is 10.1. The first-order valence-electron chi connectivity index (χ1n) is 7.19. The highest BCUT2D eigenvalue weighted by Gasteiger charge is 2.35. The van der Waals surface area contributed by atoms with E-state index in [1.54, 1.807) is 14.2 Å². The smallest absolute Gasteiger partial charge is 0.322 e. The third-order valence-corrected chi connectivity index (χ3v) is 4.20. The summed E-state index contributed by atoms with van der Waals surface area (Å²) in [6.07, 6.45) is 2.57. The molecule has 0 bridgehead atoms. The first-order chi connectivity index (χ1) is 9.71. The molecule has 2 atom stereocenters. The van der Waals surface area contributed by atoms with Crippen LogP contribution < -0.4 is 15.0 Å². The number of fused-ring (bicyclic) bond motifs is 1. The summed E-state index contributed by atoms with van der Waals surface area (Å²) < 4.78 is 5.17. The molecule has 7 heteroatoms. The molecule has 0 amide bonds. The standard InChI is InChI=1S/C13H22N6O/c1-9-7-18-6-4-5-10(18)8-19(9)12-15-11(14-2)16-13(17-12)20-3/h9-10H,4-8H2,1-3H3,(H,14,15,16,17). The van der Waals surface area contributed by atoms with Gasteiger partial charge in [-0.05, 0) is 26.3 Å². The Morgan fingerprint density at radius 1 is 1.25 bits per heavy atom. The lowest BCUT2D eigenvalue weighted by Gasteiger charge is -2.42. The van der Waals surface area contributed by atoms with E-state index in [2.05, 4.69) is 37.0 Å². The fraction of sp³-hybridized carbons (Fsp3) is 0.769. The predicted molar refractivity (Wildman–Crippen MR) is 77.3 cm³/mol. The number of nitrogens with one attached hydrogen (secondary N) is 1. The van der Waals surface area contributed by atoms with Crippen LogP contribution in [0.25, 0.3) is 0 Å². The zero-order valence-corrected chi connectivity index (χ0v) is 12.3. The van der Waals surface area contributed by atoms with Crippen LogP contribution in [0.2, 0.25) is 0 Å². The van der Waals surface area contributed by atoms with Gasteiger partial charge in [0.05, 0.1) is 7.11 Å². The van der Waals surface area contributed by atoms with E-state index >= 15 is 0 Å². The molecule has 0 saturated carbocycles. The van der Waals surface area contributed by atoms with Crippen molar-refractivity contribution in [3.63, 3.8) is 0 Å². The van der Waals surface area contributed by atoms with Crippen molar-refractivity contribution in [3.8, 4) is 6.01 Å². The van der Waals surface area contributed by atoms with E-state index in [4.69, 9.17) is 4.74 Å². The second kappa shape index (κ2) is 5.40. The summed E-state index contributed by atoms with van der Waals surface area (Å²) in [5, 5.41) is 2.96. The quantitative estimate of drug-likeness (QED) is 0.868. The molecule has 110 valence electrons. The number of ether oxygens (including phenoxy) is 1. The van der Waals surface area contributed by atoms with E-state index in [0.717, 1.165) is 13.1 Å². The maximum atomic E-state index is 5.17. The summed E-state index contributed by atoms with van der Waals surface area (Å²) >= 11 is 0. The van der Waals surface area contributed by atoms with Crippen LogP contribution in [0.5, 0.6) is 6.01 Å². The Morgan fingerprint density at radius 3 is 2.85 bits per heavy atom. The van der Waals surface area contributed by atoms with Crippen molar-refractivity contribution in [1.29, 1.82) is 0 Å². The van der Waals surface area contributed by atoms with Crippen LogP contribution in [0.3, 0.4) is 0 Å². The zero-order valence-electron chi connectivity index (χ0n) is 12.3. The predicted octanol–water partition coefficient (Wildman–Crippen LogP) is 0.595.